The van der Waals surface area contributed by atoms with Gasteiger partial charge in [0.2, 0.25) is 5.91 Å². The molecule has 0 aromatic heterocycles. The van der Waals surface area contributed by atoms with Crippen LogP contribution in [0.1, 0.15) is 77.0 Å². The smallest absolute Gasteiger partial charge is 0.404 e. The largest absolute Gasteiger partial charge is 0.465 e. The van der Waals surface area contributed by atoms with E-state index in [2.05, 4.69) is 5.32 Å². The molecule has 0 aromatic carbocycles. The van der Waals surface area contributed by atoms with Gasteiger partial charge in [-0.15, -0.1) is 0 Å². The van der Waals surface area contributed by atoms with Crippen molar-refractivity contribution in [3.05, 3.63) is 0 Å². The van der Waals surface area contributed by atoms with Gasteiger partial charge in [0.25, 0.3) is 0 Å². The molecule has 6 nitrogen and oxygen atoms in total. The Morgan fingerprint density at radius 3 is 2.16 bits per heavy atom. The molecule has 0 heterocycles. The molecule has 3 N–H and O–H groups in total. The summed E-state index contributed by atoms with van der Waals surface area (Å²) in [6.45, 7) is 0.381. The second-order valence-corrected chi connectivity index (χ2v) is 7.60. The highest BCUT2D eigenvalue weighted by Gasteiger charge is 2.28. The van der Waals surface area contributed by atoms with E-state index < -0.39 is 6.09 Å². The van der Waals surface area contributed by atoms with Crippen LogP contribution in [0.5, 0.6) is 0 Å². The van der Waals surface area contributed by atoms with E-state index in [0.717, 1.165) is 51.4 Å². The third-order valence-electron chi connectivity index (χ3n) is 5.87. The predicted octanol–water partition coefficient (Wildman–Crippen LogP) is 3.14. The average Bonchev–Trinajstić information content (AvgIpc) is 2.64. The van der Waals surface area contributed by atoms with E-state index in [1.165, 1.54) is 12.8 Å². The van der Waals surface area contributed by atoms with E-state index in [1.54, 1.807) is 0 Å². The summed E-state index contributed by atoms with van der Waals surface area (Å²) in [4.78, 5) is 25.7. The molecule has 0 saturated heterocycles. The fourth-order valence-corrected chi connectivity index (χ4v) is 4.55. The first-order valence-electron chi connectivity index (χ1n) is 10.0. The fraction of sp³-hybridized carbons (Fsp3) is 0.895. The van der Waals surface area contributed by atoms with Crippen LogP contribution < -0.4 is 5.32 Å². The molecular formula is C19H34N2O4. The van der Waals surface area contributed by atoms with Crippen molar-refractivity contribution in [2.45, 2.75) is 89.1 Å². The Labute approximate surface area is 151 Å². The summed E-state index contributed by atoms with van der Waals surface area (Å²) in [6.07, 6.45) is 11.1. The summed E-state index contributed by atoms with van der Waals surface area (Å²) < 4.78 is 0. The maximum Gasteiger partial charge on any atom is 0.404 e. The summed E-state index contributed by atoms with van der Waals surface area (Å²) in [5, 5.41) is 21.1. The molecule has 2 fully saturated rings. The summed E-state index contributed by atoms with van der Waals surface area (Å²) in [7, 11) is 0. The van der Waals surface area contributed by atoms with Crippen LogP contribution in [0.2, 0.25) is 0 Å². The van der Waals surface area contributed by atoms with E-state index in [9.17, 15) is 14.7 Å². The summed E-state index contributed by atoms with van der Waals surface area (Å²) in [6, 6.07) is 0.109. The molecule has 0 spiro atoms. The molecule has 2 rings (SSSR count). The van der Waals surface area contributed by atoms with Crippen LogP contribution in [-0.4, -0.2) is 52.3 Å². The van der Waals surface area contributed by atoms with Gasteiger partial charge in [-0.05, 0) is 38.0 Å². The predicted molar refractivity (Wildman–Crippen MR) is 96.4 cm³/mol. The van der Waals surface area contributed by atoms with Gasteiger partial charge >= 0.3 is 6.09 Å². The Bertz CT molecular complexity index is 418. The number of aliphatic hydroxyl groups excluding tert-OH is 1. The minimum absolute atomic E-state index is 0.0122. The Morgan fingerprint density at radius 2 is 1.60 bits per heavy atom. The first-order chi connectivity index (χ1) is 12.1. The first kappa shape index (κ1) is 20.0. The molecule has 1 unspecified atom stereocenters. The van der Waals surface area contributed by atoms with Gasteiger partial charge in [0.1, 0.15) is 0 Å². The van der Waals surface area contributed by atoms with Crippen molar-refractivity contribution >= 4 is 12.0 Å². The quantitative estimate of drug-likeness (QED) is 0.625. The molecule has 0 radical (unpaired) electrons. The van der Waals surface area contributed by atoms with Crippen molar-refractivity contribution < 1.29 is 19.8 Å². The monoisotopic (exact) mass is 354 g/mol. The Balaban J connectivity index is 1.91. The highest BCUT2D eigenvalue weighted by Crippen LogP contribution is 2.29. The lowest BCUT2D eigenvalue weighted by Crippen LogP contribution is -2.45. The maximum absolute atomic E-state index is 12.7. The summed E-state index contributed by atoms with van der Waals surface area (Å²) in [5.74, 6) is 0.410. The molecule has 0 bridgehead atoms. The molecule has 2 aliphatic rings. The number of carbonyl (C=O) groups excluding carboxylic acids is 1. The molecule has 0 aliphatic heterocycles. The minimum Gasteiger partial charge on any atom is -0.465 e. The average molecular weight is 354 g/mol. The van der Waals surface area contributed by atoms with Gasteiger partial charge in [-0.3, -0.25) is 4.79 Å². The molecule has 6 heteroatoms. The molecule has 2 aliphatic carbocycles. The Hall–Kier alpha value is -1.30. The molecule has 2 saturated carbocycles. The second-order valence-electron chi connectivity index (χ2n) is 7.60. The van der Waals surface area contributed by atoms with Crippen molar-refractivity contribution in [2.24, 2.45) is 5.92 Å². The number of carboxylic acid groups (broad SMARTS) is 1. The van der Waals surface area contributed by atoms with Crippen molar-refractivity contribution in [1.82, 2.24) is 10.2 Å². The standard InChI is InChI=1S/C19H34N2O4/c22-14-13-21(16-9-5-2-6-10-16)18(23)12-11-17(20-19(24)25)15-7-3-1-4-8-15/h15-17,20,22H,1-14H2,(H,24,25). The normalized spacial score (nSPS) is 20.8. The third kappa shape index (κ3) is 6.49. The van der Waals surface area contributed by atoms with Gasteiger partial charge in [0.15, 0.2) is 0 Å². The van der Waals surface area contributed by atoms with Crippen molar-refractivity contribution in [1.29, 1.82) is 0 Å². The number of amides is 2. The van der Waals surface area contributed by atoms with Gasteiger partial charge in [-0.1, -0.05) is 38.5 Å². The minimum atomic E-state index is -0.998. The van der Waals surface area contributed by atoms with Gasteiger partial charge in [-0.25, -0.2) is 4.79 Å². The van der Waals surface area contributed by atoms with E-state index in [4.69, 9.17) is 5.11 Å². The van der Waals surface area contributed by atoms with E-state index in [-0.39, 0.29) is 24.6 Å². The number of nitrogens with zero attached hydrogens (tertiary/aromatic N) is 1. The third-order valence-corrected chi connectivity index (χ3v) is 5.87. The molecular weight excluding hydrogens is 320 g/mol. The van der Waals surface area contributed by atoms with E-state index >= 15 is 0 Å². The molecule has 25 heavy (non-hydrogen) atoms. The van der Waals surface area contributed by atoms with Gasteiger partial charge in [0.05, 0.1) is 6.61 Å². The lowest BCUT2D eigenvalue weighted by atomic mass is 9.82. The summed E-state index contributed by atoms with van der Waals surface area (Å²) in [5.41, 5.74) is 0. The van der Waals surface area contributed by atoms with Crippen LogP contribution in [0, 0.1) is 5.92 Å². The molecule has 2 amide bonds. The lowest BCUT2D eigenvalue weighted by Gasteiger charge is -2.35. The molecule has 0 aromatic rings. The van der Waals surface area contributed by atoms with Crippen molar-refractivity contribution in [3.8, 4) is 0 Å². The molecule has 1 atom stereocenters. The van der Waals surface area contributed by atoms with Gasteiger partial charge in [0, 0.05) is 25.0 Å². The fourth-order valence-electron chi connectivity index (χ4n) is 4.55. The van der Waals surface area contributed by atoms with Gasteiger partial charge < -0.3 is 20.4 Å². The van der Waals surface area contributed by atoms with E-state index in [1.807, 2.05) is 4.90 Å². The first-order valence-corrected chi connectivity index (χ1v) is 10.0. The number of hydrogen-bond acceptors (Lipinski definition) is 3. The highest BCUT2D eigenvalue weighted by atomic mass is 16.4. The van der Waals surface area contributed by atoms with Crippen LogP contribution in [0.3, 0.4) is 0 Å². The van der Waals surface area contributed by atoms with Crippen LogP contribution in [0.4, 0.5) is 4.79 Å². The van der Waals surface area contributed by atoms with Crippen LogP contribution in [0.25, 0.3) is 0 Å². The van der Waals surface area contributed by atoms with Crippen LogP contribution in [0.15, 0.2) is 0 Å². The molecule has 144 valence electrons. The van der Waals surface area contributed by atoms with Gasteiger partial charge in [-0.2, -0.15) is 0 Å². The SMILES string of the molecule is O=C(O)NC(CCC(=O)N(CCO)C1CCCCC1)C1CCCCC1. The second kappa shape index (κ2) is 10.6. The van der Waals surface area contributed by atoms with Crippen molar-refractivity contribution in [2.75, 3.05) is 13.2 Å². The maximum atomic E-state index is 12.7. The summed E-state index contributed by atoms with van der Waals surface area (Å²) >= 11 is 0. The highest BCUT2D eigenvalue weighted by molar-refractivity contribution is 5.76. The number of rotatable bonds is 8. The Kier molecular flexibility index (Phi) is 8.52. The number of hydrogen-bond donors (Lipinski definition) is 3. The van der Waals surface area contributed by atoms with Crippen LogP contribution >= 0.6 is 0 Å². The van der Waals surface area contributed by atoms with E-state index in [0.29, 0.717) is 25.3 Å². The van der Waals surface area contributed by atoms with Crippen LogP contribution in [-0.2, 0) is 4.79 Å². The van der Waals surface area contributed by atoms with Crippen molar-refractivity contribution in [3.63, 3.8) is 0 Å². The zero-order valence-electron chi connectivity index (χ0n) is 15.3. The Morgan fingerprint density at radius 1 is 1.00 bits per heavy atom. The lowest BCUT2D eigenvalue weighted by molar-refractivity contribution is -0.135. The number of carbonyl (C=O) groups is 2. The zero-order chi connectivity index (χ0) is 18.1. The number of aliphatic hydroxyl groups is 1. The number of nitrogens with one attached hydrogen (secondary N) is 1. The zero-order valence-corrected chi connectivity index (χ0v) is 15.3. The topological polar surface area (TPSA) is 89.9 Å².